The van der Waals surface area contributed by atoms with E-state index >= 15 is 0 Å². The van der Waals surface area contributed by atoms with Crippen molar-refractivity contribution in [1.29, 1.82) is 0 Å². The summed E-state index contributed by atoms with van der Waals surface area (Å²) in [4.78, 5) is 6.93. The molecule has 0 bridgehead atoms. The zero-order valence-electron chi connectivity index (χ0n) is 12.7. The fourth-order valence-corrected chi connectivity index (χ4v) is 2.74. The van der Waals surface area contributed by atoms with Gasteiger partial charge in [-0.25, -0.2) is 4.98 Å². The van der Waals surface area contributed by atoms with Crippen LogP contribution < -0.4 is 5.32 Å². The molecule has 1 unspecified atom stereocenters. The number of hydrogen-bond donors (Lipinski definition) is 1. The molecule has 104 valence electrons. The first kappa shape index (κ1) is 15.2. The molecule has 4 heteroatoms. The van der Waals surface area contributed by atoms with Crippen molar-refractivity contribution in [2.45, 2.75) is 45.7 Å². The lowest BCUT2D eigenvalue weighted by atomic mass is 9.89. The maximum atomic E-state index is 4.43. The predicted octanol–water partition coefficient (Wildman–Crippen LogP) is 1.67. The highest BCUT2D eigenvalue weighted by Gasteiger charge is 2.33. The lowest BCUT2D eigenvalue weighted by Gasteiger charge is -2.43. The molecule has 0 amide bonds. The van der Waals surface area contributed by atoms with Crippen molar-refractivity contribution in [3.63, 3.8) is 0 Å². The Morgan fingerprint density at radius 2 is 2.00 bits per heavy atom. The van der Waals surface area contributed by atoms with Gasteiger partial charge in [-0.05, 0) is 34.0 Å². The van der Waals surface area contributed by atoms with Gasteiger partial charge in [-0.3, -0.25) is 4.90 Å². The Kier molecular flexibility index (Phi) is 5.35. The van der Waals surface area contributed by atoms with Crippen molar-refractivity contribution in [3.05, 3.63) is 18.2 Å². The van der Waals surface area contributed by atoms with Gasteiger partial charge in [0.05, 0.1) is 0 Å². The van der Waals surface area contributed by atoms with Crippen LogP contribution in [0.3, 0.4) is 0 Å². The Hall–Kier alpha value is -0.870. The second kappa shape index (κ2) is 6.34. The molecule has 0 radical (unpaired) electrons. The smallest absolute Gasteiger partial charge is 0.109 e. The number of aromatic nitrogens is 2. The summed E-state index contributed by atoms with van der Waals surface area (Å²) in [6.45, 7) is 11.2. The minimum atomic E-state index is 0.115. The molecule has 0 aromatic carbocycles. The Labute approximate surface area is 111 Å². The monoisotopic (exact) mass is 252 g/mol. The number of nitrogens with zero attached hydrogens (tertiary/aromatic N) is 3. The van der Waals surface area contributed by atoms with Gasteiger partial charge < -0.3 is 9.88 Å². The molecule has 0 aliphatic rings. The zero-order valence-corrected chi connectivity index (χ0v) is 12.7. The van der Waals surface area contributed by atoms with E-state index in [1.54, 1.807) is 0 Å². The molecule has 0 fully saturated rings. The van der Waals surface area contributed by atoms with E-state index in [0.29, 0.717) is 6.04 Å². The molecule has 0 saturated carbocycles. The average Bonchev–Trinajstić information content (AvgIpc) is 2.72. The topological polar surface area (TPSA) is 33.1 Å². The minimum absolute atomic E-state index is 0.115. The van der Waals surface area contributed by atoms with E-state index < -0.39 is 0 Å². The van der Waals surface area contributed by atoms with E-state index in [4.69, 9.17) is 0 Å². The number of aryl methyl sites for hydroxylation is 1. The first-order chi connectivity index (χ1) is 8.47. The normalized spacial score (nSPS) is 14.2. The highest BCUT2D eigenvalue weighted by atomic mass is 15.2. The minimum Gasteiger partial charge on any atom is -0.338 e. The summed E-state index contributed by atoms with van der Waals surface area (Å²) >= 11 is 0. The van der Waals surface area contributed by atoms with E-state index in [2.05, 4.69) is 54.5 Å². The van der Waals surface area contributed by atoms with Crippen molar-refractivity contribution in [2.75, 3.05) is 20.1 Å². The van der Waals surface area contributed by atoms with Crippen LogP contribution >= 0.6 is 0 Å². The number of rotatable bonds is 7. The Bertz CT molecular complexity index is 352. The second-order valence-electron chi connectivity index (χ2n) is 5.33. The molecule has 0 spiro atoms. The molecule has 1 atom stereocenters. The molecule has 1 rings (SSSR count). The van der Waals surface area contributed by atoms with Crippen molar-refractivity contribution in [1.82, 2.24) is 19.8 Å². The predicted molar refractivity (Wildman–Crippen MR) is 76.8 cm³/mol. The van der Waals surface area contributed by atoms with E-state index in [1.165, 1.54) is 0 Å². The van der Waals surface area contributed by atoms with Crippen LogP contribution in [0.2, 0.25) is 0 Å². The molecule has 1 heterocycles. The van der Waals surface area contributed by atoms with Crippen LogP contribution in [-0.2, 0) is 13.5 Å². The summed E-state index contributed by atoms with van der Waals surface area (Å²) in [6, 6.07) is 0.387. The van der Waals surface area contributed by atoms with E-state index in [9.17, 15) is 0 Å². The largest absolute Gasteiger partial charge is 0.338 e. The Morgan fingerprint density at radius 1 is 1.39 bits per heavy atom. The van der Waals surface area contributed by atoms with Crippen LogP contribution in [0.1, 0.15) is 33.5 Å². The van der Waals surface area contributed by atoms with Crippen molar-refractivity contribution in [2.24, 2.45) is 7.05 Å². The van der Waals surface area contributed by atoms with E-state index in [1.807, 2.05) is 19.4 Å². The quantitative estimate of drug-likeness (QED) is 0.801. The van der Waals surface area contributed by atoms with Gasteiger partial charge in [0.1, 0.15) is 5.82 Å². The molecule has 0 aliphatic carbocycles. The molecule has 18 heavy (non-hydrogen) atoms. The number of imidazole rings is 1. The summed E-state index contributed by atoms with van der Waals surface area (Å²) in [7, 11) is 4.10. The van der Waals surface area contributed by atoms with Gasteiger partial charge in [0.15, 0.2) is 0 Å². The fourth-order valence-electron chi connectivity index (χ4n) is 2.74. The van der Waals surface area contributed by atoms with Gasteiger partial charge in [0, 0.05) is 37.4 Å². The third kappa shape index (κ3) is 3.12. The second-order valence-corrected chi connectivity index (χ2v) is 5.33. The maximum Gasteiger partial charge on any atom is 0.109 e. The van der Waals surface area contributed by atoms with Crippen LogP contribution in [-0.4, -0.2) is 46.2 Å². The highest BCUT2D eigenvalue weighted by molar-refractivity contribution is 5.01. The van der Waals surface area contributed by atoms with Crippen LogP contribution in [0.25, 0.3) is 0 Å². The molecular weight excluding hydrogens is 224 g/mol. The number of likely N-dealkylation sites (N-methyl/N-ethyl adjacent to an activating group) is 2. The Balaban J connectivity index is 2.85. The zero-order chi connectivity index (χ0) is 13.8. The van der Waals surface area contributed by atoms with Gasteiger partial charge in [-0.1, -0.05) is 13.8 Å². The number of nitrogens with one attached hydrogen (secondary N) is 1. The lowest BCUT2D eigenvalue weighted by molar-refractivity contribution is 0.0933. The first-order valence-corrected chi connectivity index (χ1v) is 6.85. The van der Waals surface area contributed by atoms with E-state index in [0.717, 1.165) is 25.3 Å². The SMILES string of the molecule is CCN(CC)C(C)(C)C(Cc1nccn1C)NC. The molecule has 0 aliphatic heterocycles. The van der Waals surface area contributed by atoms with Crippen molar-refractivity contribution in [3.8, 4) is 0 Å². The fraction of sp³-hybridized carbons (Fsp3) is 0.786. The van der Waals surface area contributed by atoms with Crippen LogP contribution in [0.5, 0.6) is 0 Å². The summed E-state index contributed by atoms with van der Waals surface area (Å²) in [5.74, 6) is 1.13. The van der Waals surface area contributed by atoms with Gasteiger partial charge in [0.2, 0.25) is 0 Å². The number of hydrogen-bond acceptors (Lipinski definition) is 3. The van der Waals surface area contributed by atoms with E-state index in [-0.39, 0.29) is 5.54 Å². The molecular formula is C14H28N4. The maximum absolute atomic E-state index is 4.43. The van der Waals surface area contributed by atoms with Crippen LogP contribution in [0, 0.1) is 0 Å². The van der Waals surface area contributed by atoms with Gasteiger partial charge >= 0.3 is 0 Å². The summed E-state index contributed by atoms with van der Waals surface area (Å²) in [5, 5.41) is 3.46. The molecule has 4 nitrogen and oxygen atoms in total. The van der Waals surface area contributed by atoms with Crippen LogP contribution in [0.4, 0.5) is 0 Å². The molecule has 0 saturated heterocycles. The summed E-state index contributed by atoms with van der Waals surface area (Å²) in [5.41, 5.74) is 0.115. The molecule has 1 aromatic rings. The highest BCUT2D eigenvalue weighted by Crippen LogP contribution is 2.21. The van der Waals surface area contributed by atoms with Crippen LogP contribution in [0.15, 0.2) is 12.4 Å². The average molecular weight is 252 g/mol. The Morgan fingerprint density at radius 3 is 2.39 bits per heavy atom. The summed E-state index contributed by atoms with van der Waals surface area (Å²) in [6.07, 6.45) is 4.82. The third-order valence-corrected chi connectivity index (χ3v) is 4.09. The van der Waals surface area contributed by atoms with Gasteiger partial charge in [-0.15, -0.1) is 0 Å². The molecule has 1 aromatic heterocycles. The first-order valence-electron chi connectivity index (χ1n) is 6.85. The lowest BCUT2D eigenvalue weighted by Crippen LogP contribution is -2.58. The third-order valence-electron chi connectivity index (χ3n) is 4.09. The van der Waals surface area contributed by atoms with Gasteiger partial charge in [-0.2, -0.15) is 0 Å². The van der Waals surface area contributed by atoms with Crippen molar-refractivity contribution >= 4 is 0 Å². The standard InChI is InChI=1S/C14H28N4/c1-7-18(8-2)14(3,4)12(15-5)11-13-16-9-10-17(13)6/h9-10,12,15H,7-8,11H2,1-6H3. The molecule has 1 N–H and O–H groups in total. The summed E-state index contributed by atoms with van der Waals surface area (Å²) < 4.78 is 2.10. The van der Waals surface area contributed by atoms with Gasteiger partial charge in [0.25, 0.3) is 0 Å². The van der Waals surface area contributed by atoms with Crippen molar-refractivity contribution < 1.29 is 0 Å².